The number of non-ortho nitro benzene ring substituents is 1. The van der Waals surface area contributed by atoms with Gasteiger partial charge in [0.25, 0.3) is 5.69 Å². The number of aryl methyl sites for hydroxylation is 1. The standard InChI is InChI=1S/C19H22N4O3/c1-14-5-3-8-18(15(14)2)21-9-11-22(12-10-21)19(24)20-16-6-4-7-17(13-16)23(25)26/h3-8,13H,9-12H2,1-2H3,(H,20,24). The SMILES string of the molecule is Cc1cccc(N2CCN(C(=O)Nc3cccc([N+](=O)[O-])c3)CC2)c1C. The number of hydrogen-bond acceptors (Lipinski definition) is 4. The molecular weight excluding hydrogens is 332 g/mol. The van der Waals surface area contributed by atoms with E-state index in [9.17, 15) is 14.9 Å². The zero-order valence-electron chi connectivity index (χ0n) is 14.9. The monoisotopic (exact) mass is 354 g/mol. The van der Waals surface area contributed by atoms with Gasteiger partial charge in [-0.05, 0) is 37.1 Å². The molecule has 1 fully saturated rings. The van der Waals surface area contributed by atoms with Crippen LogP contribution >= 0.6 is 0 Å². The second kappa shape index (κ2) is 7.43. The molecule has 136 valence electrons. The first kappa shape index (κ1) is 17.7. The van der Waals surface area contributed by atoms with Crippen LogP contribution in [0.2, 0.25) is 0 Å². The third-order valence-corrected chi connectivity index (χ3v) is 4.79. The van der Waals surface area contributed by atoms with Crippen LogP contribution in [0, 0.1) is 24.0 Å². The van der Waals surface area contributed by atoms with Crippen LogP contribution in [0.1, 0.15) is 11.1 Å². The molecule has 2 aromatic carbocycles. The lowest BCUT2D eigenvalue weighted by Crippen LogP contribution is -2.50. The van der Waals surface area contributed by atoms with Gasteiger partial charge in [0.1, 0.15) is 0 Å². The Bertz CT molecular complexity index is 829. The molecule has 1 saturated heterocycles. The highest BCUT2D eigenvalue weighted by Crippen LogP contribution is 2.24. The van der Waals surface area contributed by atoms with Crippen molar-refractivity contribution < 1.29 is 9.72 Å². The number of nitro groups is 1. The van der Waals surface area contributed by atoms with Crippen molar-refractivity contribution in [3.8, 4) is 0 Å². The average molecular weight is 354 g/mol. The number of piperazine rings is 1. The summed E-state index contributed by atoms with van der Waals surface area (Å²) in [7, 11) is 0. The Labute approximate surface area is 152 Å². The molecule has 1 aliphatic rings. The van der Waals surface area contributed by atoms with Gasteiger partial charge in [0.15, 0.2) is 0 Å². The van der Waals surface area contributed by atoms with E-state index in [4.69, 9.17) is 0 Å². The number of carbonyl (C=O) groups excluding carboxylic acids is 1. The molecule has 3 rings (SSSR count). The maximum Gasteiger partial charge on any atom is 0.321 e. The third-order valence-electron chi connectivity index (χ3n) is 4.79. The van der Waals surface area contributed by atoms with Crippen molar-refractivity contribution >= 4 is 23.1 Å². The second-order valence-corrected chi connectivity index (χ2v) is 6.43. The number of carbonyl (C=O) groups is 1. The molecule has 1 N–H and O–H groups in total. The maximum absolute atomic E-state index is 12.4. The molecule has 1 heterocycles. The summed E-state index contributed by atoms with van der Waals surface area (Å²) >= 11 is 0. The smallest absolute Gasteiger partial charge is 0.321 e. The first-order valence-electron chi connectivity index (χ1n) is 8.57. The van der Waals surface area contributed by atoms with E-state index in [1.807, 2.05) is 0 Å². The molecule has 0 saturated carbocycles. The normalized spacial score (nSPS) is 14.2. The first-order valence-corrected chi connectivity index (χ1v) is 8.57. The van der Waals surface area contributed by atoms with E-state index in [-0.39, 0.29) is 11.7 Å². The molecule has 0 spiro atoms. The van der Waals surface area contributed by atoms with Gasteiger partial charge in [-0.3, -0.25) is 10.1 Å². The Morgan fingerprint density at radius 1 is 1.08 bits per heavy atom. The lowest BCUT2D eigenvalue weighted by molar-refractivity contribution is -0.384. The van der Waals surface area contributed by atoms with Crippen LogP contribution in [0.4, 0.5) is 21.9 Å². The number of benzene rings is 2. The van der Waals surface area contributed by atoms with Crippen molar-refractivity contribution in [2.45, 2.75) is 13.8 Å². The van der Waals surface area contributed by atoms with Gasteiger partial charge in [-0.15, -0.1) is 0 Å². The molecule has 7 heteroatoms. The zero-order valence-corrected chi connectivity index (χ0v) is 14.9. The Kier molecular flexibility index (Phi) is 5.06. The Morgan fingerprint density at radius 2 is 1.77 bits per heavy atom. The van der Waals surface area contributed by atoms with Gasteiger partial charge >= 0.3 is 6.03 Å². The van der Waals surface area contributed by atoms with Crippen molar-refractivity contribution in [3.63, 3.8) is 0 Å². The molecule has 7 nitrogen and oxygen atoms in total. The Balaban J connectivity index is 1.61. The molecule has 0 aliphatic carbocycles. The highest BCUT2D eigenvalue weighted by molar-refractivity contribution is 5.89. The summed E-state index contributed by atoms with van der Waals surface area (Å²) in [5.41, 5.74) is 4.13. The van der Waals surface area contributed by atoms with E-state index >= 15 is 0 Å². The van der Waals surface area contributed by atoms with E-state index < -0.39 is 4.92 Å². The average Bonchev–Trinajstić information content (AvgIpc) is 2.64. The molecule has 1 aliphatic heterocycles. The number of amides is 2. The molecule has 0 bridgehead atoms. The Hall–Kier alpha value is -3.09. The molecule has 2 amide bonds. The topological polar surface area (TPSA) is 78.7 Å². The maximum atomic E-state index is 12.4. The van der Waals surface area contributed by atoms with Crippen LogP contribution in [-0.2, 0) is 0 Å². The van der Waals surface area contributed by atoms with Crippen molar-refractivity contribution in [2.24, 2.45) is 0 Å². The number of nitrogens with one attached hydrogen (secondary N) is 1. The van der Waals surface area contributed by atoms with Crippen molar-refractivity contribution in [2.75, 3.05) is 36.4 Å². The minimum absolute atomic E-state index is 0.0393. The van der Waals surface area contributed by atoms with Crippen LogP contribution in [-0.4, -0.2) is 42.0 Å². The summed E-state index contributed by atoms with van der Waals surface area (Å²) in [5, 5.41) is 13.6. The number of urea groups is 1. The van der Waals surface area contributed by atoms with Crippen LogP contribution in [0.15, 0.2) is 42.5 Å². The van der Waals surface area contributed by atoms with E-state index in [0.29, 0.717) is 18.8 Å². The van der Waals surface area contributed by atoms with E-state index in [1.165, 1.54) is 28.9 Å². The van der Waals surface area contributed by atoms with Crippen LogP contribution < -0.4 is 10.2 Å². The molecule has 0 radical (unpaired) electrons. The van der Waals surface area contributed by atoms with Gasteiger partial charge in [-0.25, -0.2) is 4.79 Å². The zero-order chi connectivity index (χ0) is 18.7. The molecular formula is C19H22N4O3. The van der Waals surface area contributed by atoms with Crippen LogP contribution in [0.25, 0.3) is 0 Å². The number of nitrogens with zero attached hydrogens (tertiary/aromatic N) is 3. The molecule has 2 aromatic rings. The number of hydrogen-bond donors (Lipinski definition) is 1. The third kappa shape index (κ3) is 3.77. The highest BCUT2D eigenvalue weighted by Gasteiger charge is 2.22. The van der Waals surface area contributed by atoms with Gasteiger partial charge < -0.3 is 15.1 Å². The molecule has 26 heavy (non-hydrogen) atoms. The summed E-state index contributed by atoms with van der Waals surface area (Å²) in [6, 6.07) is 12.0. The highest BCUT2D eigenvalue weighted by atomic mass is 16.6. The summed E-state index contributed by atoms with van der Waals surface area (Å²) in [6.07, 6.45) is 0. The van der Waals surface area contributed by atoms with Crippen LogP contribution in [0.3, 0.4) is 0 Å². The number of nitro benzene ring substituents is 1. The summed E-state index contributed by atoms with van der Waals surface area (Å²) in [4.78, 5) is 26.8. The lowest BCUT2D eigenvalue weighted by atomic mass is 10.1. The fourth-order valence-corrected chi connectivity index (χ4v) is 3.13. The molecule has 0 unspecified atom stereocenters. The van der Waals surface area contributed by atoms with Gasteiger partial charge in [-0.1, -0.05) is 18.2 Å². The minimum atomic E-state index is -0.474. The van der Waals surface area contributed by atoms with Crippen molar-refractivity contribution in [1.29, 1.82) is 0 Å². The minimum Gasteiger partial charge on any atom is -0.368 e. The van der Waals surface area contributed by atoms with Gasteiger partial charge in [0, 0.05) is 49.7 Å². The van der Waals surface area contributed by atoms with E-state index in [2.05, 4.69) is 42.3 Å². The van der Waals surface area contributed by atoms with E-state index in [0.717, 1.165) is 13.1 Å². The van der Waals surface area contributed by atoms with Crippen LogP contribution in [0.5, 0.6) is 0 Å². The summed E-state index contributed by atoms with van der Waals surface area (Å²) < 4.78 is 0. The number of rotatable bonds is 3. The fourth-order valence-electron chi connectivity index (χ4n) is 3.13. The molecule has 0 atom stereocenters. The predicted molar refractivity (Wildman–Crippen MR) is 102 cm³/mol. The fraction of sp³-hybridized carbons (Fsp3) is 0.316. The second-order valence-electron chi connectivity index (χ2n) is 6.43. The van der Waals surface area contributed by atoms with Gasteiger partial charge in [0.05, 0.1) is 4.92 Å². The van der Waals surface area contributed by atoms with Crippen molar-refractivity contribution in [3.05, 3.63) is 63.7 Å². The van der Waals surface area contributed by atoms with Crippen molar-refractivity contribution in [1.82, 2.24) is 4.90 Å². The quantitative estimate of drug-likeness (QED) is 0.675. The van der Waals surface area contributed by atoms with Gasteiger partial charge in [0.2, 0.25) is 0 Å². The summed E-state index contributed by atoms with van der Waals surface area (Å²) in [5.74, 6) is 0. The Morgan fingerprint density at radius 3 is 2.46 bits per heavy atom. The summed E-state index contributed by atoms with van der Waals surface area (Å²) in [6.45, 7) is 6.94. The predicted octanol–water partition coefficient (Wildman–Crippen LogP) is 3.57. The lowest BCUT2D eigenvalue weighted by Gasteiger charge is -2.37. The van der Waals surface area contributed by atoms with Gasteiger partial charge in [-0.2, -0.15) is 0 Å². The largest absolute Gasteiger partial charge is 0.368 e. The first-order chi connectivity index (χ1) is 12.5. The number of anilines is 2. The molecule has 0 aromatic heterocycles. The van der Waals surface area contributed by atoms with E-state index in [1.54, 1.807) is 17.0 Å².